The Balaban J connectivity index is 0.000000442. The molecule has 1 aliphatic carbocycles. The third kappa shape index (κ3) is 5.31. The molecule has 1 N–H and O–H groups in total. The van der Waals surface area contributed by atoms with Gasteiger partial charge in [-0.25, -0.2) is 0 Å². The number of hydrogen-bond donors (Lipinski definition) is 1. The van der Waals surface area contributed by atoms with Crippen molar-refractivity contribution < 1.29 is 4.79 Å². The first-order valence-corrected chi connectivity index (χ1v) is 6.62. The minimum atomic E-state index is 0.406. The van der Waals surface area contributed by atoms with Gasteiger partial charge in [-0.3, -0.25) is 4.79 Å². The van der Waals surface area contributed by atoms with Crippen LogP contribution < -0.4 is 5.32 Å². The van der Waals surface area contributed by atoms with Gasteiger partial charge in [-0.2, -0.15) is 0 Å². The van der Waals surface area contributed by atoms with Crippen LogP contribution in [0.2, 0.25) is 0 Å². The van der Waals surface area contributed by atoms with Gasteiger partial charge >= 0.3 is 0 Å². The number of hydrogen-bond acceptors (Lipinski definition) is 2. The number of rotatable bonds is 2. The van der Waals surface area contributed by atoms with Crippen LogP contribution in [0.5, 0.6) is 0 Å². The second-order valence-corrected chi connectivity index (χ2v) is 3.70. The van der Waals surface area contributed by atoms with E-state index in [1.165, 1.54) is 12.8 Å². The maximum absolute atomic E-state index is 11.5. The maximum Gasteiger partial charge on any atom is 0.139 e. The minimum absolute atomic E-state index is 0.406. The molecule has 0 aromatic rings. The van der Waals surface area contributed by atoms with Crippen molar-refractivity contribution >= 4 is 5.78 Å². The second-order valence-electron chi connectivity index (χ2n) is 3.70. The van der Waals surface area contributed by atoms with Gasteiger partial charge in [0, 0.05) is 11.8 Å². The van der Waals surface area contributed by atoms with Gasteiger partial charge in [-0.1, -0.05) is 27.7 Å². The van der Waals surface area contributed by atoms with Crippen molar-refractivity contribution in [1.29, 1.82) is 0 Å². The summed E-state index contributed by atoms with van der Waals surface area (Å²) in [6, 6.07) is 0. The summed E-state index contributed by atoms with van der Waals surface area (Å²) in [6.07, 6.45) is 4.50. The fourth-order valence-corrected chi connectivity index (χ4v) is 1.81. The van der Waals surface area contributed by atoms with Crippen molar-refractivity contribution in [3.63, 3.8) is 0 Å². The standard InChI is InChI=1S/C9H15NO.2C2H6/c11-9(7-1-2-7)8-3-5-10-6-4-8;2*1-2/h7-8,10H,1-6H2;2*1-2H3. The van der Waals surface area contributed by atoms with Crippen molar-refractivity contribution in [2.75, 3.05) is 13.1 Å². The highest BCUT2D eigenvalue weighted by Crippen LogP contribution is 2.34. The number of carbonyl (C=O) groups is 1. The molecule has 1 aliphatic heterocycles. The zero-order chi connectivity index (χ0) is 11.7. The highest BCUT2D eigenvalue weighted by molar-refractivity contribution is 5.85. The smallest absolute Gasteiger partial charge is 0.139 e. The average molecular weight is 213 g/mol. The molecule has 2 nitrogen and oxygen atoms in total. The lowest BCUT2D eigenvalue weighted by molar-refractivity contribution is -0.124. The normalized spacial score (nSPS) is 20.5. The molecule has 0 atom stereocenters. The van der Waals surface area contributed by atoms with E-state index in [0.29, 0.717) is 17.6 Å². The van der Waals surface area contributed by atoms with Crippen LogP contribution in [0, 0.1) is 11.8 Å². The van der Waals surface area contributed by atoms with Crippen LogP contribution in [0.15, 0.2) is 0 Å². The number of piperidine rings is 1. The summed E-state index contributed by atoms with van der Waals surface area (Å²) in [7, 11) is 0. The molecule has 0 aromatic carbocycles. The molecule has 15 heavy (non-hydrogen) atoms. The zero-order valence-electron chi connectivity index (χ0n) is 10.8. The molecular weight excluding hydrogens is 186 g/mol. The van der Waals surface area contributed by atoms with Gasteiger partial charge in [-0.05, 0) is 38.8 Å². The molecule has 1 saturated heterocycles. The van der Waals surface area contributed by atoms with E-state index in [-0.39, 0.29) is 0 Å². The molecule has 2 aliphatic rings. The Morgan fingerprint density at radius 3 is 1.67 bits per heavy atom. The van der Waals surface area contributed by atoms with Gasteiger partial charge in [0.25, 0.3) is 0 Å². The highest BCUT2D eigenvalue weighted by Gasteiger charge is 2.34. The van der Waals surface area contributed by atoms with Crippen molar-refractivity contribution in [3.8, 4) is 0 Å². The lowest BCUT2D eigenvalue weighted by Crippen LogP contribution is -2.32. The first-order valence-electron chi connectivity index (χ1n) is 6.62. The summed E-state index contributed by atoms with van der Waals surface area (Å²) >= 11 is 0. The first-order chi connectivity index (χ1) is 7.38. The van der Waals surface area contributed by atoms with E-state index < -0.39 is 0 Å². The van der Waals surface area contributed by atoms with Crippen LogP contribution in [0.3, 0.4) is 0 Å². The Hall–Kier alpha value is -0.370. The molecular formula is C13H27NO. The van der Waals surface area contributed by atoms with Gasteiger partial charge in [0.1, 0.15) is 5.78 Å². The molecule has 0 aromatic heterocycles. The van der Waals surface area contributed by atoms with Gasteiger partial charge < -0.3 is 5.32 Å². The summed E-state index contributed by atoms with van der Waals surface area (Å²) in [5, 5.41) is 3.28. The topological polar surface area (TPSA) is 29.1 Å². The van der Waals surface area contributed by atoms with E-state index in [9.17, 15) is 4.79 Å². The summed E-state index contributed by atoms with van der Waals surface area (Å²) < 4.78 is 0. The lowest BCUT2D eigenvalue weighted by Gasteiger charge is -2.20. The van der Waals surface area contributed by atoms with Crippen molar-refractivity contribution in [2.24, 2.45) is 11.8 Å². The van der Waals surface area contributed by atoms with Gasteiger partial charge in [-0.15, -0.1) is 0 Å². The van der Waals surface area contributed by atoms with Crippen LogP contribution in [0.25, 0.3) is 0 Å². The monoisotopic (exact) mass is 213 g/mol. The molecule has 90 valence electrons. The van der Waals surface area contributed by atoms with Crippen LogP contribution in [-0.2, 0) is 4.79 Å². The van der Waals surface area contributed by atoms with Crippen LogP contribution in [-0.4, -0.2) is 18.9 Å². The Labute approximate surface area is 94.8 Å². The molecule has 0 radical (unpaired) electrons. The van der Waals surface area contributed by atoms with E-state index in [0.717, 1.165) is 25.9 Å². The van der Waals surface area contributed by atoms with Gasteiger partial charge in [0.05, 0.1) is 0 Å². The number of nitrogens with one attached hydrogen (secondary N) is 1. The van der Waals surface area contributed by atoms with E-state index in [1.807, 2.05) is 27.7 Å². The van der Waals surface area contributed by atoms with E-state index in [4.69, 9.17) is 0 Å². The maximum atomic E-state index is 11.5. The predicted octanol–water partition coefficient (Wildman–Crippen LogP) is 3.02. The molecule has 1 heterocycles. The quantitative estimate of drug-likeness (QED) is 0.764. The minimum Gasteiger partial charge on any atom is -0.317 e. The number of carbonyl (C=O) groups excluding carboxylic acids is 1. The molecule has 0 spiro atoms. The van der Waals surface area contributed by atoms with E-state index >= 15 is 0 Å². The average Bonchev–Trinajstić information content (AvgIpc) is 3.19. The summed E-state index contributed by atoms with van der Waals surface area (Å²) in [5.41, 5.74) is 0. The SMILES string of the molecule is CC.CC.O=C(C1CCNCC1)C1CC1. The fraction of sp³-hybridized carbons (Fsp3) is 0.923. The van der Waals surface area contributed by atoms with Crippen LogP contribution in [0.4, 0.5) is 0 Å². The lowest BCUT2D eigenvalue weighted by atomic mass is 9.91. The largest absolute Gasteiger partial charge is 0.317 e. The molecule has 0 amide bonds. The van der Waals surface area contributed by atoms with Crippen LogP contribution in [0.1, 0.15) is 53.4 Å². The summed E-state index contributed by atoms with van der Waals surface area (Å²) in [5.74, 6) is 1.44. The van der Waals surface area contributed by atoms with Gasteiger partial charge in [0.15, 0.2) is 0 Å². The summed E-state index contributed by atoms with van der Waals surface area (Å²) in [6.45, 7) is 10.1. The zero-order valence-corrected chi connectivity index (χ0v) is 10.8. The van der Waals surface area contributed by atoms with Crippen LogP contribution >= 0.6 is 0 Å². The Kier molecular flexibility index (Phi) is 8.68. The molecule has 2 rings (SSSR count). The Morgan fingerprint density at radius 1 is 0.867 bits per heavy atom. The molecule has 1 saturated carbocycles. The third-order valence-corrected chi connectivity index (χ3v) is 2.72. The molecule has 2 fully saturated rings. The Morgan fingerprint density at radius 2 is 1.27 bits per heavy atom. The summed E-state index contributed by atoms with van der Waals surface area (Å²) in [4.78, 5) is 11.5. The van der Waals surface area contributed by atoms with Crippen molar-refractivity contribution in [1.82, 2.24) is 5.32 Å². The third-order valence-electron chi connectivity index (χ3n) is 2.72. The second kappa shape index (κ2) is 8.90. The predicted molar refractivity (Wildman–Crippen MR) is 66.0 cm³/mol. The number of Topliss-reactive ketones (excluding diaryl/α,β-unsaturated/α-hetero) is 1. The molecule has 0 unspecified atom stereocenters. The molecule has 0 bridgehead atoms. The van der Waals surface area contributed by atoms with Gasteiger partial charge in [0.2, 0.25) is 0 Å². The van der Waals surface area contributed by atoms with Crippen molar-refractivity contribution in [3.05, 3.63) is 0 Å². The van der Waals surface area contributed by atoms with Crippen molar-refractivity contribution in [2.45, 2.75) is 53.4 Å². The first kappa shape index (κ1) is 14.6. The molecule has 2 heteroatoms. The van der Waals surface area contributed by atoms with E-state index in [2.05, 4.69) is 5.32 Å². The fourth-order valence-electron chi connectivity index (χ4n) is 1.81. The Bertz CT molecular complexity index is 158. The van der Waals surface area contributed by atoms with E-state index in [1.54, 1.807) is 0 Å². The number of ketones is 1. The highest BCUT2D eigenvalue weighted by atomic mass is 16.1.